The number of nitro benzene ring substituents is 2. The predicted octanol–water partition coefficient (Wildman–Crippen LogP) is 17.8. The number of aromatic nitrogens is 2. The first-order chi connectivity index (χ1) is 56.2. The van der Waals surface area contributed by atoms with Crippen molar-refractivity contribution in [3.05, 3.63) is 168 Å². The molecular weight excluding hydrogens is 1630 g/mol. The molecule has 6 heterocycles. The van der Waals surface area contributed by atoms with Crippen molar-refractivity contribution in [1.82, 2.24) is 34.5 Å². The summed E-state index contributed by atoms with van der Waals surface area (Å²) in [7, 11) is 6.89. The van der Waals surface area contributed by atoms with Crippen molar-refractivity contribution >= 4 is 55.6 Å². The Kier molecular flexibility index (Phi) is 60.2. The first-order valence-corrected chi connectivity index (χ1v) is 41.7. The van der Waals surface area contributed by atoms with Gasteiger partial charge in [-0.1, -0.05) is 76.3 Å². The summed E-state index contributed by atoms with van der Waals surface area (Å²) in [4.78, 5) is 58.4. The van der Waals surface area contributed by atoms with Crippen LogP contribution in [0.1, 0.15) is 195 Å². The second-order valence-electron chi connectivity index (χ2n) is 29.2. The number of nitrogens with one attached hydrogen (secondary N) is 1. The maximum Gasteiger partial charge on any atom is 0.337 e. The van der Waals surface area contributed by atoms with Gasteiger partial charge in [0.15, 0.2) is 5.75 Å². The molecule has 0 spiro atoms. The molecule has 5 atom stereocenters. The molecule has 28 nitrogen and oxygen atoms in total. The van der Waals surface area contributed by atoms with Crippen molar-refractivity contribution in [2.24, 2.45) is 0 Å². The van der Waals surface area contributed by atoms with Crippen LogP contribution in [0.5, 0.6) is 40.2 Å². The summed E-state index contributed by atoms with van der Waals surface area (Å²) in [5.74, 6) is 2.66. The fourth-order valence-corrected chi connectivity index (χ4v) is 14.1. The first kappa shape index (κ1) is 115. The Hall–Kier alpha value is -8.98. The molecule has 5 fully saturated rings. The van der Waals surface area contributed by atoms with E-state index in [2.05, 4.69) is 85.2 Å². The van der Waals surface area contributed by atoms with Gasteiger partial charge in [-0.25, -0.2) is 14.2 Å². The quantitative estimate of drug-likeness (QED) is 0.00787. The number of benzene rings is 6. The van der Waals surface area contributed by atoms with Crippen LogP contribution in [-0.2, 0) is 0 Å². The Morgan fingerprint density at radius 1 is 0.533 bits per heavy atom. The minimum Gasteiger partial charge on any atom is -0.494 e. The Labute approximate surface area is 736 Å². The molecule has 0 radical (unpaired) electrons. The number of nitrogens with two attached hydrogens (primary N) is 2. The smallest absolute Gasteiger partial charge is 0.337 e. The van der Waals surface area contributed by atoms with Gasteiger partial charge in [0.1, 0.15) is 40.4 Å². The van der Waals surface area contributed by atoms with Crippen LogP contribution in [-0.4, -0.2) is 228 Å². The van der Waals surface area contributed by atoms with Gasteiger partial charge in [0, 0.05) is 124 Å². The summed E-state index contributed by atoms with van der Waals surface area (Å²) in [6.07, 6.45) is 18.0. The Balaban J connectivity index is 0. The molecular formula is C92H151BrFN11O17. The van der Waals surface area contributed by atoms with Gasteiger partial charge in [0.05, 0.1) is 85.9 Å². The number of hydrogen-bond donors (Lipinski definition) is 7. The Bertz CT molecular complexity index is 4120. The number of alkyl halides is 1. The molecule has 0 bridgehead atoms. The molecule has 30 heteroatoms. The van der Waals surface area contributed by atoms with Crippen LogP contribution < -0.4 is 55.5 Å². The third-order valence-electron chi connectivity index (χ3n) is 20.5. The van der Waals surface area contributed by atoms with Gasteiger partial charge in [0.25, 0.3) is 5.56 Å². The highest BCUT2D eigenvalue weighted by Crippen LogP contribution is 2.33. The maximum absolute atomic E-state index is 13.2. The molecule has 0 unspecified atom stereocenters. The van der Waals surface area contributed by atoms with Crippen LogP contribution in [0, 0.1) is 46.8 Å². The van der Waals surface area contributed by atoms with Crippen LogP contribution in [0.4, 0.5) is 27.1 Å². The van der Waals surface area contributed by atoms with E-state index in [0.29, 0.717) is 89.5 Å². The summed E-state index contributed by atoms with van der Waals surface area (Å²) in [5.41, 5.74) is 15.2. The van der Waals surface area contributed by atoms with E-state index in [4.69, 9.17) is 60.3 Å². The van der Waals surface area contributed by atoms with E-state index in [1.807, 2.05) is 75.4 Å². The predicted molar refractivity (Wildman–Crippen MR) is 500 cm³/mol. The topological polar surface area (TPSA) is 361 Å². The van der Waals surface area contributed by atoms with Gasteiger partial charge >= 0.3 is 17.3 Å². The number of hydrogen-bond acceptors (Lipinski definition) is 24. The lowest BCUT2D eigenvalue weighted by Gasteiger charge is -2.20. The standard InChI is InChI=1S/C25H31N3O3.C15H22N2O4.C15H24N2O2.C8H9NO2.C8H17NO.C7H6FNO3.C5H11N.C3H7BrO.CH4O.5CH4/c1-17-8-10-22-21(15-17)25(29)28(19(3)26-22)23-11-9-20(16-24(23)30-4)31-14-6-13-27-12-5-7-18(27)2;1-12-5-3-8-16(12)9-4-10-21-13-6-7-14(17(18)19)15(11-13)20-2;1-12-5-3-8-17(12)9-4-10-19-13-6-7-14(16)15(11-13)18-2;1-5-2-3-7(9)6(4-5)8(10)11;1-8-4-2-5-9(8)6-3-7-10;1-12-7-4-5(8)2-3-6(7)9(10)11;1-5-3-2-4-6-5;4-2-1-3-5;1-2;;;;;/h8-11,15-16,18H,5-7,12-14H2,1-4H3;6-7,11-12H,3-5,8-10H2,1-2H3;6-7,11-12H,3-5,8-10,16H2,1-2H3;2-4H,9H2,1H3,(H,10,11);8,10H,2-7H2,1H3;2-4H,1H3;5-6H,2-4H2,1H3;5H,1-3H2;2H,1H3;5*1H4/t18-;2*12-;;8-;;5-;;;;;;;/m111.1.1......./s1. The van der Waals surface area contributed by atoms with E-state index in [9.17, 15) is 34.2 Å². The number of aliphatic hydroxyl groups is 3. The minimum atomic E-state index is -0.980. The highest BCUT2D eigenvalue weighted by Gasteiger charge is 2.24. The molecule has 0 amide bonds. The number of aromatic carboxylic acids is 1. The van der Waals surface area contributed by atoms with Crippen molar-refractivity contribution < 1.29 is 72.6 Å². The van der Waals surface area contributed by atoms with Crippen molar-refractivity contribution in [2.75, 3.05) is 144 Å². The van der Waals surface area contributed by atoms with Crippen molar-refractivity contribution in [2.45, 2.75) is 219 Å². The van der Waals surface area contributed by atoms with Crippen molar-refractivity contribution in [3.63, 3.8) is 0 Å². The fourth-order valence-electron chi connectivity index (χ4n) is 13.8. The number of likely N-dealkylation sites (tertiary alicyclic amines) is 4. The zero-order valence-corrected chi connectivity index (χ0v) is 72.7. The van der Waals surface area contributed by atoms with Crippen LogP contribution in [0.15, 0.2) is 114 Å². The van der Waals surface area contributed by atoms with Crippen LogP contribution >= 0.6 is 15.9 Å². The van der Waals surface area contributed by atoms with E-state index in [0.717, 1.165) is 136 Å². The third-order valence-corrected chi connectivity index (χ3v) is 21.0. The number of ether oxygens (including phenoxy) is 7. The summed E-state index contributed by atoms with van der Waals surface area (Å²) in [6.45, 7) is 30.0. The van der Waals surface area contributed by atoms with E-state index < -0.39 is 21.6 Å². The number of aliphatic hydroxyl groups excluding tert-OH is 3. The molecule has 5 saturated heterocycles. The van der Waals surface area contributed by atoms with E-state index in [1.165, 1.54) is 117 Å². The molecule has 122 heavy (non-hydrogen) atoms. The summed E-state index contributed by atoms with van der Waals surface area (Å²) in [6, 6.07) is 33.1. The third kappa shape index (κ3) is 40.1. The average molecular weight is 1780 g/mol. The molecule has 7 aromatic rings. The molecule has 6 aromatic carbocycles. The minimum absolute atomic E-state index is 0. The number of methoxy groups -OCH3 is 4. The monoisotopic (exact) mass is 1780 g/mol. The Morgan fingerprint density at radius 2 is 0.934 bits per heavy atom. The van der Waals surface area contributed by atoms with Crippen LogP contribution in [0.2, 0.25) is 0 Å². The summed E-state index contributed by atoms with van der Waals surface area (Å²) >= 11 is 3.15. The van der Waals surface area contributed by atoms with Gasteiger partial charge in [-0.2, -0.15) is 0 Å². The van der Waals surface area contributed by atoms with Gasteiger partial charge in [-0.3, -0.25) is 29.6 Å². The highest BCUT2D eigenvalue weighted by molar-refractivity contribution is 9.09. The fraction of sp³-hybridized carbons (Fsp3) is 0.576. The molecule has 5 aliphatic heterocycles. The molecule has 12 rings (SSSR count). The van der Waals surface area contributed by atoms with Gasteiger partial charge in [0.2, 0.25) is 5.75 Å². The average Bonchev–Trinajstić information content (AvgIpc) is 1.77. The number of halogens is 2. The number of rotatable bonds is 28. The lowest BCUT2D eigenvalue weighted by atomic mass is 10.1. The molecule has 0 saturated carbocycles. The van der Waals surface area contributed by atoms with E-state index >= 15 is 0 Å². The number of aryl methyl sites for hydroxylation is 3. The SMILES string of the molecule is C.C.C.C.C.CO.COc1cc(F)ccc1[N+](=O)[O-].COc1cc(OCCCN2CCC[C@H]2C)ccc1-n1c(C)nc2ccc(C)cc2c1=O.COc1cc(OCCCN2CCC[C@H]2C)ccc1N.COc1cc(OCCCN2CCC[C@H]2C)ccc1[N+](=O)[O-].C[C@@H]1CCCN1.C[C@@H]1CCCN1CCCO.Cc1ccc(N)c(C(=O)O)c1.OCCCBr. The molecule has 690 valence electrons. The van der Waals surface area contributed by atoms with Crippen LogP contribution in [0.25, 0.3) is 16.6 Å². The lowest BCUT2D eigenvalue weighted by Crippen LogP contribution is -2.28. The number of fused-ring (bicyclic) bond motifs is 1. The molecule has 0 aliphatic carbocycles. The number of nitrogens with zero attached hydrogens (tertiary/aromatic N) is 8. The summed E-state index contributed by atoms with van der Waals surface area (Å²) in [5, 5.41) is 58.2. The zero-order chi connectivity index (χ0) is 86.4. The number of carboxylic acids is 1. The molecule has 9 N–H and O–H groups in total. The largest absolute Gasteiger partial charge is 0.494 e. The number of carboxylic acid groups (broad SMARTS) is 1. The zero-order valence-electron chi connectivity index (χ0n) is 71.1. The first-order valence-electron chi connectivity index (χ1n) is 40.5. The number of nitrogen functional groups attached to an aromatic ring is 2. The summed E-state index contributed by atoms with van der Waals surface area (Å²) < 4.78 is 51.9. The highest BCUT2D eigenvalue weighted by atomic mass is 79.9. The number of carbonyl (C=O) groups is 1. The van der Waals surface area contributed by atoms with Crippen LogP contribution in [0.3, 0.4) is 0 Å². The molecule has 1 aromatic heterocycles. The normalized spacial score (nSPS) is 16.7. The lowest BCUT2D eigenvalue weighted by molar-refractivity contribution is -0.385. The van der Waals surface area contributed by atoms with Crippen molar-refractivity contribution in [1.29, 1.82) is 0 Å². The number of anilines is 2. The van der Waals surface area contributed by atoms with E-state index in [-0.39, 0.29) is 71.1 Å². The second kappa shape index (κ2) is 63.9. The number of nitro groups is 2. The molecule has 5 aliphatic rings. The van der Waals surface area contributed by atoms with E-state index in [1.54, 1.807) is 49.1 Å². The maximum atomic E-state index is 13.2. The Morgan fingerprint density at radius 3 is 1.31 bits per heavy atom. The van der Waals surface area contributed by atoms with Gasteiger partial charge in [-0.05, 0) is 245 Å². The van der Waals surface area contributed by atoms with Gasteiger partial charge in [-0.15, -0.1) is 0 Å². The second-order valence-corrected chi connectivity index (χ2v) is 30.0. The van der Waals surface area contributed by atoms with Crippen molar-refractivity contribution in [3.8, 4) is 45.9 Å². The van der Waals surface area contributed by atoms with Gasteiger partial charge < -0.3 is 90.0 Å².